The van der Waals surface area contributed by atoms with Gasteiger partial charge in [0, 0.05) is 23.6 Å². The monoisotopic (exact) mass is 286 g/mol. The van der Waals surface area contributed by atoms with Crippen molar-refractivity contribution in [2.75, 3.05) is 23.7 Å². The van der Waals surface area contributed by atoms with Gasteiger partial charge in [0.25, 0.3) is 0 Å². The summed E-state index contributed by atoms with van der Waals surface area (Å²) < 4.78 is 28.4. The molecule has 0 bridgehead atoms. The van der Waals surface area contributed by atoms with Gasteiger partial charge in [-0.3, -0.25) is 0 Å². The van der Waals surface area contributed by atoms with Crippen LogP contribution in [0.5, 0.6) is 0 Å². The standard InChI is InChI=1S/C14H20F2N2S/c1-9-10(2)19-6-5-18(9)14-12(15)7-11(3-4-17)8-13(14)16/h7-10H,3-6,17H2,1-2H3. The van der Waals surface area contributed by atoms with Crippen molar-refractivity contribution in [2.45, 2.75) is 31.6 Å². The highest BCUT2D eigenvalue weighted by Crippen LogP contribution is 2.33. The van der Waals surface area contributed by atoms with E-state index in [0.717, 1.165) is 5.75 Å². The minimum atomic E-state index is -0.477. The van der Waals surface area contributed by atoms with Crippen molar-refractivity contribution in [2.24, 2.45) is 5.73 Å². The molecule has 1 aromatic rings. The first-order valence-corrected chi connectivity index (χ1v) is 7.65. The minimum absolute atomic E-state index is 0.112. The van der Waals surface area contributed by atoms with Gasteiger partial charge in [-0.05, 0) is 37.6 Å². The van der Waals surface area contributed by atoms with Crippen LogP contribution in [0.1, 0.15) is 19.4 Å². The van der Waals surface area contributed by atoms with Gasteiger partial charge in [-0.25, -0.2) is 8.78 Å². The van der Waals surface area contributed by atoms with E-state index in [4.69, 9.17) is 5.73 Å². The van der Waals surface area contributed by atoms with Crippen LogP contribution in [0.15, 0.2) is 12.1 Å². The average Bonchev–Trinajstić information content (AvgIpc) is 2.34. The first kappa shape index (κ1) is 14.6. The quantitative estimate of drug-likeness (QED) is 0.926. The molecule has 2 unspecified atom stereocenters. The number of nitrogens with zero attached hydrogens (tertiary/aromatic N) is 1. The molecular weight excluding hydrogens is 266 g/mol. The summed E-state index contributed by atoms with van der Waals surface area (Å²) in [4.78, 5) is 1.85. The van der Waals surface area contributed by atoms with E-state index in [1.807, 2.05) is 23.6 Å². The van der Waals surface area contributed by atoms with Crippen LogP contribution in [-0.2, 0) is 6.42 Å². The fraction of sp³-hybridized carbons (Fsp3) is 0.571. The van der Waals surface area contributed by atoms with Crippen LogP contribution in [0.2, 0.25) is 0 Å². The molecule has 2 nitrogen and oxygen atoms in total. The normalized spacial score (nSPS) is 23.7. The number of nitrogens with two attached hydrogens (primary N) is 1. The second kappa shape index (κ2) is 6.09. The van der Waals surface area contributed by atoms with Gasteiger partial charge in [0.1, 0.15) is 17.3 Å². The molecule has 5 heteroatoms. The van der Waals surface area contributed by atoms with Gasteiger partial charge in [-0.1, -0.05) is 6.92 Å². The van der Waals surface area contributed by atoms with Gasteiger partial charge in [0.2, 0.25) is 0 Å². The van der Waals surface area contributed by atoms with Crippen LogP contribution >= 0.6 is 11.8 Å². The molecule has 19 heavy (non-hydrogen) atoms. The van der Waals surface area contributed by atoms with Crippen molar-refractivity contribution in [3.63, 3.8) is 0 Å². The number of benzene rings is 1. The minimum Gasteiger partial charge on any atom is -0.362 e. The van der Waals surface area contributed by atoms with Gasteiger partial charge >= 0.3 is 0 Å². The Labute approximate surface area is 117 Å². The Hall–Kier alpha value is -0.810. The first-order valence-electron chi connectivity index (χ1n) is 6.60. The summed E-state index contributed by atoms with van der Waals surface area (Å²) in [6.45, 7) is 5.19. The van der Waals surface area contributed by atoms with Crippen molar-refractivity contribution < 1.29 is 8.78 Å². The molecular formula is C14H20F2N2S. The highest BCUT2D eigenvalue weighted by atomic mass is 32.2. The average molecular weight is 286 g/mol. The molecule has 2 rings (SSSR count). The summed E-state index contributed by atoms with van der Waals surface area (Å²) in [6.07, 6.45) is 0.496. The fourth-order valence-electron chi connectivity index (χ4n) is 2.45. The van der Waals surface area contributed by atoms with E-state index in [2.05, 4.69) is 6.92 Å². The molecule has 0 aromatic heterocycles. The zero-order chi connectivity index (χ0) is 14.0. The number of rotatable bonds is 3. The number of thioether (sulfide) groups is 1. The van der Waals surface area contributed by atoms with E-state index in [0.29, 0.717) is 30.3 Å². The Bertz CT molecular complexity index is 430. The fourth-order valence-corrected chi connectivity index (χ4v) is 3.55. The maximum atomic E-state index is 14.2. The third-order valence-corrected chi connectivity index (χ3v) is 5.02. The number of hydrogen-bond donors (Lipinski definition) is 1. The predicted octanol–water partition coefficient (Wildman–Crippen LogP) is 2.80. The zero-order valence-corrected chi connectivity index (χ0v) is 12.1. The molecule has 1 aliphatic heterocycles. The molecule has 0 saturated carbocycles. The second-order valence-electron chi connectivity index (χ2n) is 4.96. The molecule has 1 saturated heterocycles. The topological polar surface area (TPSA) is 29.3 Å². The van der Waals surface area contributed by atoms with Gasteiger partial charge < -0.3 is 10.6 Å². The predicted molar refractivity (Wildman–Crippen MR) is 77.8 cm³/mol. The molecule has 0 amide bonds. The summed E-state index contributed by atoms with van der Waals surface area (Å²) in [5.41, 5.74) is 6.15. The lowest BCUT2D eigenvalue weighted by molar-refractivity contribution is 0.542. The highest BCUT2D eigenvalue weighted by molar-refractivity contribution is 8.00. The Balaban J connectivity index is 2.33. The highest BCUT2D eigenvalue weighted by Gasteiger charge is 2.29. The van der Waals surface area contributed by atoms with E-state index < -0.39 is 11.6 Å². The van der Waals surface area contributed by atoms with Crippen molar-refractivity contribution >= 4 is 17.4 Å². The van der Waals surface area contributed by atoms with Gasteiger partial charge in [0.15, 0.2) is 0 Å². The van der Waals surface area contributed by atoms with Gasteiger partial charge in [-0.15, -0.1) is 0 Å². The Morgan fingerprint density at radius 1 is 1.32 bits per heavy atom. The molecule has 0 spiro atoms. The molecule has 0 aliphatic carbocycles. The molecule has 2 N–H and O–H groups in total. The first-order chi connectivity index (χ1) is 9.04. The van der Waals surface area contributed by atoms with E-state index in [1.165, 1.54) is 12.1 Å². The van der Waals surface area contributed by atoms with Crippen LogP contribution in [0.4, 0.5) is 14.5 Å². The Kier molecular flexibility index (Phi) is 4.68. The van der Waals surface area contributed by atoms with Gasteiger partial charge in [0.05, 0.1) is 0 Å². The van der Waals surface area contributed by atoms with Gasteiger partial charge in [-0.2, -0.15) is 11.8 Å². The molecule has 106 valence electrons. The summed E-state index contributed by atoms with van der Waals surface area (Å²) in [6, 6.07) is 2.94. The number of halogens is 2. The molecule has 2 atom stereocenters. The van der Waals surface area contributed by atoms with E-state index in [9.17, 15) is 8.78 Å². The maximum Gasteiger partial charge on any atom is 0.149 e. The largest absolute Gasteiger partial charge is 0.362 e. The zero-order valence-electron chi connectivity index (χ0n) is 11.3. The summed E-state index contributed by atoms with van der Waals surface area (Å²) in [5, 5.41) is 0.372. The van der Waals surface area contributed by atoms with Crippen LogP contribution in [0.3, 0.4) is 0 Å². The molecule has 0 radical (unpaired) electrons. The van der Waals surface area contributed by atoms with Crippen LogP contribution in [0, 0.1) is 11.6 Å². The van der Waals surface area contributed by atoms with Crippen LogP contribution in [-0.4, -0.2) is 30.1 Å². The molecule has 1 aromatic carbocycles. The van der Waals surface area contributed by atoms with Crippen molar-refractivity contribution in [3.05, 3.63) is 29.3 Å². The molecule has 1 aliphatic rings. The maximum absolute atomic E-state index is 14.2. The third-order valence-electron chi connectivity index (χ3n) is 3.68. The third kappa shape index (κ3) is 3.03. The lowest BCUT2D eigenvalue weighted by atomic mass is 10.1. The van der Waals surface area contributed by atoms with Crippen molar-refractivity contribution in [1.29, 1.82) is 0 Å². The van der Waals surface area contributed by atoms with E-state index >= 15 is 0 Å². The van der Waals surface area contributed by atoms with E-state index in [-0.39, 0.29) is 11.7 Å². The van der Waals surface area contributed by atoms with Crippen LogP contribution in [0.25, 0.3) is 0 Å². The van der Waals surface area contributed by atoms with Crippen molar-refractivity contribution in [3.8, 4) is 0 Å². The lowest BCUT2D eigenvalue weighted by Crippen LogP contribution is -2.45. The summed E-state index contributed by atoms with van der Waals surface area (Å²) >= 11 is 1.84. The summed E-state index contributed by atoms with van der Waals surface area (Å²) in [5.74, 6) is -0.0571. The van der Waals surface area contributed by atoms with Crippen LogP contribution < -0.4 is 10.6 Å². The number of hydrogen-bond acceptors (Lipinski definition) is 3. The Morgan fingerprint density at radius 2 is 1.95 bits per heavy atom. The van der Waals surface area contributed by atoms with Crippen molar-refractivity contribution in [1.82, 2.24) is 0 Å². The lowest BCUT2D eigenvalue weighted by Gasteiger charge is -2.39. The SMILES string of the molecule is CC1SCCN(c2c(F)cc(CCN)cc2F)C1C. The summed E-state index contributed by atoms with van der Waals surface area (Å²) in [7, 11) is 0. The second-order valence-corrected chi connectivity index (χ2v) is 6.44. The van der Waals surface area contributed by atoms with E-state index in [1.54, 1.807) is 0 Å². The smallest absolute Gasteiger partial charge is 0.149 e. The Morgan fingerprint density at radius 3 is 2.53 bits per heavy atom. The molecule has 1 heterocycles. The molecule has 1 fully saturated rings. The number of anilines is 1.